The van der Waals surface area contributed by atoms with Crippen LogP contribution in [0.4, 0.5) is 11.6 Å². The molecule has 0 unspecified atom stereocenters. The molecule has 160 valence electrons. The number of aromatic nitrogens is 2. The number of carbonyl (C=O) groups is 1. The first-order chi connectivity index (χ1) is 15.2. The van der Waals surface area contributed by atoms with Crippen molar-refractivity contribution in [2.75, 3.05) is 18.4 Å². The molecule has 3 aromatic rings. The number of amides is 1. The number of carbonyl (C=O) groups excluding carboxylic acids is 1. The number of piperidine rings is 1. The van der Waals surface area contributed by atoms with Crippen molar-refractivity contribution < 1.29 is 4.79 Å². The molecule has 6 nitrogen and oxygen atoms in total. The van der Waals surface area contributed by atoms with Crippen LogP contribution in [0.3, 0.4) is 0 Å². The van der Waals surface area contributed by atoms with Gasteiger partial charge in [-0.15, -0.1) is 0 Å². The zero-order valence-corrected chi connectivity index (χ0v) is 17.9. The summed E-state index contributed by atoms with van der Waals surface area (Å²) >= 11 is 0. The van der Waals surface area contributed by atoms with Gasteiger partial charge in [-0.3, -0.25) is 9.69 Å². The Bertz CT molecular complexity index is 1000. The fraction of sp³-hybridized carbons (Fsp3) is 0.320. The molecule has 1 amide bonds. The fourth-order valence-electron chi connectivity index (χ4n) is 3.85. The lowest BCUT2D eigenvalue weighted by Gasteiger charge is -2.30. The Hall–Kier alpha value is -3.25. The Balaban J connectivity index is 1.37. The van der Waals surface area contributed by atoms with Crippen LogP contribution < -0.4 is 10.6 Å². The van der Waals surface area contributed by atoms with Crippen molar-refractivity contribution in [3.8, 4) is 0 Å². The first kappa shape index (κ1) is 21.0. The van der Waals surface area contributed by atoms with E-state index in [0.29, 0.717) is 18.1 Å². The molecule has 0 aliphatic carbocycles. The van der Waals surface area contributed by atoms with Gasteiger partial charge >= 0.3 is 0 Å². The number of anilines is 2. The van der Waals surface area contributed by atoms with Crippen LogP contribution in [0.5, 0.6) is 0 Å². The van der Waals surface area contributed by atoms with Crippen LogP contribution in [0.1, 0.15) is 41.3 Å². The minimum atomic E-state index is -0.0979. The van der Waals surface area contributed by atoms with E-state index >= 15 is 0 Å². The molecule has 0 radical (unpaired) electrons. The molecule has 31 heavy (non-hydrogen) atoms. The molecule has 0 atom stereocenters. The summed E-state index contributed by atoms with van der Waals surface area (Å²) in [5.74, 6) is 1.23. The summed E-state index contributed by atoms with van der Waals surface area (Å²) in [7, 11) is 0. The number of hydrogen-bond donors (Lipinski definition) is 2. The van der Waals surface area contributed by atoms with Gasteiger partial charge in [0.05, 0.1) is 0 Å². The first-order valence-electron chi connectivity index (χ1n) is 10.9. The van der Waals surface area contributed by atoms with Gasteiger partial charge in [0, 0.05) is 36.7 Å². The Morgan fingerprint density at radius 3 is 2.52 bits per heavy atom. The molecule has 1 fully saturated rings. The van der Waals surface area contributed by atoms with Gasteiger partial charge in [0.2, 0.25) is 5.95 Å². The van der Waals surface area contributed by atoms with Crippen LogP contribution in [0.15, 0.2) is 67.0 Å². The molecule has 4 rings (SSSR count). The van der Waals surface area contributed by atoms with Crippen LogP contribution in [0.25, 0.3) is 0 Å². The highest BCUT2D eigenvalue weighted by Gasteiger charge is 2.17. The van der Waals surface area contributed by atoms with Gasteiger partial charge in [-0.2, -0.15) is 0 Å². The van der Waals surface area contributed by atoms with Gasteiger partial charge in [-0.05, 0) is 67.2 Å². The smallest absolute Gasteiger partial charge is 0.251 e. The zero-order chi connectivity index (χ0) is 21.5. The highest BCUT2D eigenvalue weighted by atomic mass is 16.1. The SMILES string of the molecule is CC1CCN(Cc2ccccc2CNC(=O)c2cccc(Nc3ncccn3)c2)CC1. The third-order valence-corrected chi connectivity index (χ3v) is 5.77. The first-order valence-corrected chi connectivity index (χ1v) is 10.9. The van der Waals surface area contributed by atoms with Crippen molar-refractivity contribution in [1.29, 1.82) is 0 Å². The highest BCUT2D eigenvalue weighted by Crippen LogP contribution is 2.20. The number of rotatable bonds is 7. The van der Waals surface area contributed by atoms with E-state index in [4.69, 9.17) is 0 Å². The number of nitrogens with zero attached hydrogens (tertiary/aromatic N) is 3. The van der Waals surface area contributed by atoms with E-state index in [1.54, 1.807) is 18.5 Å². The van der Waals surface area contributed by atoms with E-state index in [1.807, 2.05) is 30.3 Å². The van der Waals surface area contributed by atoms with E-state index in [1.165, 1.54) is 24.0 Å². The van der Waals surface area contributed by atoms with Crippen molar-refractivity contribution in [2.45, 2.75) is 32.9 Å². The van der Waals surface area contributed by atoms with Crippen molar-refractivity contribution >= 4 is 17.5 Å². The summed E-state index contributed by atoms with van der Waals surface area (Å²) in [6, 6.07) is 17.5. The average Bonchev–Trinajstić information content (AvgIpc) is 2.81. The quantitative estimate of drug-likeness (QED) is 0.599. The van der Waals surface area contributed by atoms with Crippen LogP contribution in [0, 0.1) is 5.92 Å². The third-order valence-electron chi connectivity index (χ3n) is 5.77. The van der Waals surface area contributed by atoms with Crippen molar-refractivity contribution in [3.63, 3.8) is 0 Å². The molecule has 0 bridgehead atoms. The summed E-state index contributed by atoms with van der Waals surface area (Å²) in [4.78, 5) is 23.6. The summed E-state index contributed by atoms with van der Waals surface area (Å²) in [5, 5.41) is 6.20. The highest BCUT2D eigenvalue weighted by molar-refractivity contribution is 5.95. The van der Waals surface area contributed by atoms with Crippen LogP contribution in [-0.2, 0) is 13.1 Å². The number of likely N-dealkylation sites (tertiary alicyclic amines) is 1. The minimum absolute atomic E-state index is 0.0979. The van der Waals surface area contributed by atoms with Gasteiger partial charge in [0.1, 0.15) is 0 Å². The summed E-state index contributed by atoms with van der Waals surface area (Å²) in [6.45, 7) is 6.08. The van der Waals surface area contributed by atoms with Crippen molar-refractivity contribution in [3.05, 3.63) is 83.7 Å². The summed E-state index contributed by atoms with van der Waals surface area (Å²) < 4.78 is 0. The van der Waals surface area contributed by atoms with Crippen LogP contribution in [0.2, 0.25) is 0 Å². The molecular formula is C25H29N5O. The third kappa shape index (κ3) is 5.89. The van der Waals surface area contributed by atoms with E-state index in [0.717, 1.165) is 31.2 Å². The van der Waals surface area contributed by atoms with E-state index < -0.39 is 0 Å². The average molecular weight is 416 g/mol. The fourth-order valence-corrected chi connectivity index (χ4v) is 3.85. The molecule has 1 aliphatic heterocycles. The molecule has 2 heterocycles. The molecular weight excluding hydrogens is 386 g/mol. The maximum atomic E-state index is 12.8. The number of hydrogen-bond acceptors (Lipinski definition) is 5. The van der Waals surface area contributed by atoms with Gasteiger partial charge < -0.3 is 10.6 Å². The monoisotopic (exact) mass is 415 g/mol. The molecule has 1 aliphatic rings. The molecule has 1 saturated heterocycles. The standard InChI is InChI=1S/C25H29N5O/c1-19-10-14-30(15-11-19)18-22-7-3-2-6-21(22)17-28-24(31)20-8-4-9-23(16-20)29-25-26-12-5-13-27-25/h2-9,12-13,16,19H,10-11,14-15,17-18H2,1H3,(H,28,31)(H,26,27,29). The predicted molar refractivity (Wildman–Crippen MR) is 123 cm³/mol. The lowest BCUT2D eigenvalue weighted by atomic mass is 9.98. The zero-order valence-electron chi connectivity index (χ0n) is 17.9. The second kappa shape index (κ2) is 10.2. The van der Waals surface area contributed by atoms with E-state index in [9.17, 15) is 4.79 Å². The topological polar surface area (TPSA) is 70.2 Å². The van der Waals surface area contributed by atoms with Crippen molar-refractivity contribution in [2.24, 2.45) is 5.92 Å². The molecule has 6 heteroatoms. The number of nitrogens with one attached hydrogen (secondary N) is 2. The van der Waals surface area contributed by atoms with Gasteiger partial charge in [-0.1, -0.05) is 37.3 Å². The Kier molecular flexibility index (Phi) is 6.89. The number of benzene rings is 2. The second-order valence-electron chi connectivity index (χ2n) is 8.19. The largest absolute Gasteiger partial charge is 0.348 e. The van der Waals surface area contributed by atoms with Crippen molar-refractivity contribution in [1.82, 2.24) is 20.2 Å². The molecule has 2 N–H and O–H groups in total. The minimum Gasteiger partial charge on any atom is -0.348 e. The summed E-state index contributed by atoms with van der Waals surface area (Å²) in [6.07, 6.45) is 5.87. The van der Waals surface area contributed by atoms with Crippen LogP contribution >= 0.6 is 0 Å². The van der Waals surface area contributed by atoms with E-state index in [-0.39, 0.29) is 5.91 Å². The Morgan fingerprint density at radius 1 is 1.00 bits per heavy atom. The Labute approximate surface area is 183 Å². The van der Waals surface area contributed by atoms with Gasteiger partial charge in [0.25, 0.3) is 5.91 Å². The molecule has 0 spiro atoms. The Morgan fingerprint density at radius 2 is 1.74 bits per heavy atom. The molecule has 0 saturated carbocycles. The normalized spacial score (nSPS) is 14.9. The second-order valence-corrected chi connectivity index (χ2v) is 8.19. The maximum Gasteiger partial charge on any atom is 0.251 e. The lowest BCUT2D eigenvalue weighted by molar-refractivity contribution is 0.0950. The van der Waals surface area contributed by atoms with E-state index in [2.05, 4.69) is 50.6 Å². The molecule has 1 aromatic heterocycles. The summed E-state index contributed by atoms with van der Waals surface area (Å²) in [5.41, 5.74) is 3.83. The maximum absolute atomic E-state index is 12.8. The van der Waals surface area contributed by atoms with Crippen LogP contribution in [-0.4, -0.2) is 33.9 Å². The lowest BCUT2D eigenvalue weighted by Crippen LogP contribution is -2.33. The molecule has 2 aromatic carbocycles. The van der Waals surface area contributed by atoms with Gasteiger partial charge in [0.15, 0.2) is 0 Å². The predicted octanol–water partition coefficient (Wildman–Crippen LogP) is 4.38. The van der Waals surface area contributed by atoms with Gasteiger partial charge in [-0.25, -0.2) is 9.97 Å².